The standard InChI is InChI=1S/C12H14S/c1-4-5-10-7-11(10)8-12(13)6-9(2)3/h4-6,8,13H,1-2,7H2,3H3/b10-5+,11-8?,12-6+. The van der Waals surface area contributed by atoms with Crippen LogP contribution in [0.25, 0.3) is 0 Å². The smallest absolute Gasteiger partial charge is 0.00453 e. The summed E-state index contributed by atoms with van der Waals surface area (Å²) in [5.74, 6) is 0. The highest BCUT2D eigenvalue weighted by molar-refractivity contribution is 7.84. The summed E-state index contributed by atoms with van der Waals surface area (Å²) in [5, 5.41) is 0. The van der Waals surface area contributed by atoms with E-state index in [4.69, 9.17) is 0 Å². The minimum atomic E-state index is 0.968. The first-order valence-electron chi connectivity index (χ1n) is 4.22. The molecule has 0 atom stereocenters. The monoisotopic (exact) mass is 190 g/mol. The average molecular weight is 190 g/mol. The first kappa shape index (κ1) is 10.1. The van der Waals surface area contributed by atoms with E-state index in [9.17, 15) is 0 Å². The maximum Gasteiger partial charge on any atom is 0.00453 e. The highest BCUT2D eigenvalue weighted by Crippen LogP contribution is 2.37. The third-order valence-electron chi connectivity index (χ3n) is 1.70. The van der Waals surface area contributed by atoms with Gasteiger partial charge in [-0.2, -0.15) is 0 Å². The Morgan fingerprint density at radius 1 is 1.46 bits per heavy atom. The van der Waals surface area contributed by atoms with Crippen molar-refractivity contribution in [2.24, 2.45) is 0 Å². The lowest BCUT2D eigenvalue weighted by Crippen LogP contribution is -1.66. The minimum Gasteiger partial charge on any atom is -0.143 e. The second kappa shape index (κ2) is 4.33. The second-order valence-electron chi connectivity index (χ2n) is 3.19. The molecule has 1 aliphatic rings. The van der Waals surface area contributed by atoms with Gasteiger partial charge in [0.1, 0.15) is 0 Å². The van der Waals surface area contributed by atoms with Crippen LogP contribution < -0.4 is 0 Å². The van der Waals surface area contributed by atoms with Crippen LogP contribution in [0.1, 0.15) is 13.3 Å². The number of rotatable bonds is 3. The normalized spacial score (nSPS) is 22.2. The van der Waals surface area contributed by atoms with E-state index >= 15 is 0 Å². The molecule has 0 saturated heterocycles. The predicted octanol–water partition coefficient (Wildman–Crippen LogP) is 3.82. The quantitative estimate of drug-likeness (QED) is 0.507. The van der Waals surface area contributed by atoms with Gasteiger partial charge < -0.3 is 0 Å². The van der Waals surface area contributed by atoms with Crippen LogP contribution in [0.2, 0.25) is 0 Å². The fraction of sp³-hybridized carbons (Fsp3) is 0.167. The molecule has 68 valence electrons. The fourth-order valence-corrected chi connectivity index (χ4v) is 1.46. The van der Waals surface area contributed by atoms with Gasteiger partial charge in [0.25, 0.3) is 0 Å². The molecule has 0 aromatic rings. The molecular formula is C12H14S. The summed E-state index contributed by atoms with van der Waals surface area (Å²) in [4.78, 5) is 0.968. The Kier molecular flexibility index (Phi) is 3.38. The molecular weight excluding hydrogens is 176 g/mol. The van der Waals surface area contributed by atoms with Crippen molar-refractivity contribution >= 4 is 12.6 Å². The predicted molar refractivity (Wildman–Crippen MR) is 62.9 cm³/mol. The van der Waals surface area contributed by atoms with Gasteiger partial charge in [0.05, 0.1) is 0 Å². The highest BCUT2D eigenvalue weighted by Gasteiger charge is 2.19. The van der Waals surface area contributed by atoms with Crippen molar-refractivity contribution in [3.63, 3.8) is 0 Å². The second-order valence-corrected chi connectivity index (χ2v) is 3.71. The molecule has 0 aromatic heterocycles. The van der Waals surface area contributed by atoms with Crippen molar-refractivity contribution in [1.82, 2.24) is 0 Å². The van der Waals surface area contributed by atoms with Crippen molar-refractivity contribution in [3.8, 4) is 0 Å². The van der Waals surface area contributed by atoms with Crippen molar-refractivity contribution < 1.29 is 0 Å². The number of hydrogen-bond donors (Lipinski definition) is 1. The highest BCUT2D eigenvalue weighted by atomic mass is 32.1. The summed E-state index contributed by atoms with van der Waals surface area (Å²) in [6.45, 7) is 9.40. The third kappa shape index (κ3) is 3.51. The van der Waals surface area contributed by atoms with Gasteiger partial charge in [-0.3, -0.25) is 0 Å². The molecule has 1 fully saturated rings. The molecule has 0 amide bonds. The summed E-state index contributed by atoms with van der Waals surface area (Å²) in [7, 11) is 0. The van der Waals surface area contributed by atoms with E-state index in [1.807, 2.05) is 25.2 Å². The van der Waals surface area contributed by atoms with E-state index in [1.165, 1.54) is 11.1 Å². The van der Waals surface area contributed by atoms with Crippen LogP contribution in [0.3, 0.4) is 0 Å². The molecule has 1 rings (SSSR count). The van der Waals surface area contributed by atoms with Gasteiger partial charge in [-0.15, -0.1) is 12.6 Å². The Bertz CT molecular complexity index is 327. The Labute approximate surface area is 85.5 Å². The van der Waals surface area contributed by atoms with E-state index in [-0.39, 0.29) is 0 Å². The van der Waals surface area contributed by atoms with Crippen LogP contribution in [0, 0.1) is 0 Å². The Morgan fingerprint density at radius 3 is 2.69 bits per heavy atom. The zero-order valence-corrected chi connectivity index (χ0v) is 8.77. The van der Waals surface area contributed by atoms with Crippen LogP contribution >= 0.6 is 12.6 Å². The first-order chi connectivity index (χ1) is 6.13. The van der Waals surface area contributed by atoms with E-state index in [1.54, 1.807) is 0 Å². The van der Waals surface area contributed by atoms with Gasteiger partial charge in [0, 0.05) is 4.91 Å². The van der Waals surface area contributed by atoms with Crippen LogP contribution in [0.5, 0.6) is 0 Å². The minimum absolute atomic E-state index is 0.968. The molecule has 0 radical (unpaired) electrons. The molecule has 0 bridgehead atoms. The Hall–Kier alpha value is -0.950. The van der Waals surface area contributed by atoms with E-state index in [0.717, 1.165) is 16.9 Å². The van der Waals surface area contributed by atoms with Gasteiger partial charge in [-0.05, 0) is 36.6 Å². The van der Waals surface area contributed by atoms with Crippen LogP contribution in [0.15, 0.2) is 59.1 Å². The van der Waals surface area contributed by atoms with Crippen molar-refractivity contribution in [2.75, 3.05) is 0 Å². The largest absolute Gasteiger partial charge is 0.143 e. The van der Waals surface area contributed by atoms with E-state index in [2.05, 4.69) is 31.9 Å². The lowest BCUT2D eigenvalue weighted by molar-refractivity contribution is 1.55. The summed E-state index contributed by atoms with van der Waals surface area (Å²) < 4.78 is 0. The lowest BCUT2D eigenvalue weighted by atomic mass is 10.3. The molecule has 13 heavy (non-hydrogen) atoms. The molecule has 1 aliphatic carbocycles. The van der Waals surface area contributed by atoms with Crippen molar-refractivity contribution in [1.29, 1.82) is 0 Å². The van der Waals surface area contributed by atoms with Gasteiger partial charge in [-0.25, -0.2) is 0 Å². The maximum atomic E-state index is 4.33. The molecule has 0 nitrogen and oxygen atoms in total. The summed E-state index contributed by atoms with van der Waals surface area (Å²) in [6.07, 6.45) is 8.96. The van der Waals surface area contributed by atoms with Crippen molar-refractivity contribution in [3.05, 3.63) is 59.1 Å². The zero-order valence-electron chi connectivity index (χ0n) is 7.88. The van der Waals surface area contributed by atoms with Gasteiger partial charge in [-0.1, -0.05) is 30.9 Å². The van der Waals surface area contributed by atoms with E-state index in [0.29, 0.717) is 0 Å². The Balaban J connectivity index is 2.65. The first-order valence-corrected chi connectivity index (χ1v) is 4.67. The summed E-state index contributed by atoms with van der Waals surface area (Å²) >= 11 is 4.33. The topological polar surface area (TPSA) is 0 Å². The third-order valence-corrected chi connectivity index (χ3v) is 1.96. The summed E-state index contributed by atoms with van der Waals surface area (Å²) in [5.41, 5.74) is 3.73. The maximum absolute atomic E-state index is 4.33. The van der Waals surface area contributed by atoms with Crippen LogP contribution in [-0.4, -0.2) is 0 Å². The molecule has 1 heteroatoms. The van der Waals surface area contributed by atoms with Gasteiger partial charge in [0.15, 0.2) is 0 Å². The van der Waals surface area contributed by atoms with Crippen LogP contribution in [-0.2, 0) is 0 Å². The molecule has 0 spiro atoms. The lowest BCUT2D eigenvalue weighted by Gasteiger charge is -1.89. The van der Waals surface area contributed by atoms with Crippen molar-refractivity contribution in [2.45, 2.75) is 13.3 Å². The number of thiol groups is 1. The SMILES string of the molecule is C=C/C=C1\CC1=C/C(S)=C\C(=C)C. The zero-order chi connectivity index (χ0) is 9.84. The molecule has 0 heterocycles. The summed E-state index contributed by atoms with van der Waals surface area (Å²) in [6, 6.07) is 0. The fourth-order valence-electron chi connectivity index (χ4n) is 1.09. The molecule has 0 unspecified atom stereocenters. The molecule has 0 N–H and O–H groups in total. The van der Waals surface area contributed by atoms with E-state index < -0.39 is 0 Å². The van der Waals surface area contributed by atoms with Crippen LogP contribution in [0.4, 0.5) is 0 Å². The van der Waals surface area contributed by atoms with Gasteiger partial charge in [0.2, 0.25) is 0 Å². The van der Waals surface area contributed by atoms with Gasteiger partial charge >= 0.3 is 0 Å². The number of allylic oxidation sites excluding steroid dienone is 7. The average Bonchev–Trinajstić information content (AvgIpc) is 2.66. The Morgan fingerprint density at radius 2 is 2.15 bits per heavy atom. The number of hydrogen-bond acceptors (Lipinski definition) is 1. The molecule has 1 saturated carbocycles. The molecule has 0 aliphatic heterocycles. The molecule has 0 aromatic carbocycles.